The Balaban J connectivity index is 2.08. The van der Waals surface area contributed by atoms with E-state index in [1.54, 1.807) is 37.4 Å². The highest BCUT2D eigenvalue weighted by Gasteiger charge is 2.35. The fourth-order valence-corrected chi connectivity index (χ4v) is 3.52. The first-order valence-electron chi connectivity index (χ1n) is 8.67. The van der Waals surface area contributed by atoms with Crippen LogP contribution >= 0.6 is 23.8 Å². The van der Waals surface area contributed by atoms with Crippen molar-refractivity contribution in [2.24, 2.45) is 0 Å². The van der Waals surface area contributed by atoms with Gasteiger partial charge in [0.15, 0.2) is 5.11 Å². The standard InChI is InChI=1S/C21H19ClN2O4S/c1-11-5-7-14(10-16(11)22)24-20(26)15(19(25)23-21(24)29)9-13-6-8-17(27-3)12(2)18(13)28-4/h5-10H,1-4H3,(H,23,25,29)/b15-9+. The van der Waals surface area contributed by atoms with E-state index in [9.17, 15) is 9.59 Å². The number of aryl methyl sites for hydroxylation is 1. The summed E-state index contributed by atoms with van der Waals surface area (Å²) in [6.07, 6.45) is 1.48. The Hall–Kier alpha value is -2.90. The summed E-state index contributed by atoms with van der Waals surface area (Å²) in [5, 5.41) is 3.05. The Bertz CT molecular complexity index is 1060. The average Bonchev–Trinajstić information content (AvgIpc) is 2.68. The number of amides is 2. The molecule has 1 fully saturated rings. The smallest absolute Gasteiger partial charge is 0.270 e. The highest BCUT2D eigenvalue weighted by atomic mass is 35.5. The van der Waals surface area contributed by atoms with Gasteiger partial charge >= 0.3 is 0 Å². The van der Waals surface area contributed by atoms with Crippen molar-refractivity contribution < 1.29 is 19.1 Å². The molecule has 3 rings (SSSR count). The number of hydrogen-bond acceptors (Lipinski definition) is 5. The number of carbonyl (C=O) groups excluding carboxylic acids is 2. The summed E-state index contributed by atoms with van der Waals surface area (Å²) in [7, 11) is 3.08. The monoisotopic (exact) mass is 430 g/mol. The second kappa shape index (κ2) is 8.23. The lowest BCUT2D eigenvalue weighted by Gasteiger charge is -2.29. The van der Waals surface area contributed by atoms with E-state index in [1.165, 1.54) is 18.1 Å². The maximum Gasteiger partial charge on any atom is 0.270 e. The number of ether oxygens (including phenoxy) is 2. The quantitative estimate of drug-likeness (QED) is 0.454. The van der Waals surface area contributed by atoms with E-state index in [0.29, 0.717) is 27.8 Å². The third-order valence-corrected chi connectivity index (χ3v) is 5.32. The normalized spacial score (nSPS) is 15.6. The second-order valence-corrected chi connectivity index (χ2v) is 7.20. The first-order valence-corrected chi connectivity index (χ1v) is 9.46. The molecule has 0 radical (unpaired) electrons. The Morgan fingerprint density at radius 3 is 2.45 bits per heavy atom. The molecular formula is C21H19ClN2O4S. The van der Waals surface area contributed by atoms with Gasteiger partial charge in [0, 0.05) is 16.1 Å². The van der Waals surface area contributed by atoms with Gasteiger partial charge in [-0.25, -0.2) is 0 Å². The molecule has 2 amide bonds. The third kappa shape index (κ3) is 3.83. The topological polar surface area (TPSA) is 67.9 Å². The number of hydrogen-bond donors (Lipinski definition) is 1. The molecule has 0 spiro atoms. The van der Waals surface area contributed by atoms with Gasteiger partial charge in [-0.3, -0.25) is 19.8 Å². The van der Waals surface area contributed by atoms with E-state index in [2.05, 4.69) is 5.32 Å². The molecule has 0 aromatic heterocycles. The number of carbonyl (C=O) groups is 2. The van der Waals surface area contributed by atoms with Gasteiger partial charge in [0.2, 0.25) is 0 Å². The predicted molar refractivity (Wildman–Crippen MR) is 117 cm³/mol. The first-order chi connectivity index (χ1) is 13.8. The molecule has 1 saturated heterocycles. The van der Waals surface area contributed by atoms with E-state index in [4.69, 9.17) is 33.3 Å². The van der Waals surface area contributed by atoms with Crippen molar-refractivity contribution in [1.82, 2.24) is 5.32 Å². The summed E-state index contributed by atoms with van der Waals surface area (Å²) >= 11 is 11.4. The van der Waals surface area contributed by atoms with Crippen molar-refractivity contribution >= 4 is 52.5 Å². The van der Waals surface area contributed by atoms with Crippen LogP contribution < -0.4 is 19.7 Å². The van der Waals surface area contributed by atoms with E-state index < -0.39 is 11.8 Å². The number of methoxy groups -OCH3 is 2. The minimum Gasteiger partial charge on any atom is -0.496 e. The van der Waals surface area contributed by atoms with E-state index in [1.807, 2.05) is 13.8 Å². The molecule has 29 heavy (non-hydrogen) atoms. The predicted octanol–water partition coefficient (Wildman–Crippen LogP) is 3.81. The summed E-state index contributed by atoms with van der Waals surface area (Å²) in [4.78, 5) is 26.9. The summed E-state index contributed by atoms with van der Waals surface area (Å²) in [6, 6.07) is 8.60. The zero-order chi connectivity index (χ0) is 21.3. The van der Waals surface area contributed by atoms with Crippen LogP contribution in [0.15, 0.2) is 35.9 Å². The molecule has 0 unspecified atom stereocenters. The molecule has 2 aromatic rings. The number of benzene rings is 2. The average molecular weight is 431 g/mol. The summed E-state index contributed by atoms with van der Waals surface area (Å²) in [5.41, 5.74) is 2.59. The summed E-state index contributed by atoms with van der Waals surface area (Å²) in [5.74, 6) is 0.0234. The van der Waals surface area contributed by atoms with Gasteiger partial charge in [-0.1, -0.05) is 17.7 Å². The third-order valence-electron chi connectivity index (χ3n) is 4.63. The van der Waals surface area contributed by atoms with Gasteiger partial charge < -0.3 is 9.47 Å². The van der Waals surface area contributed by atoms with Gasteiger partial charge in [0.1, 0.15) is 17.1 Å². The minimum absolute atomic E-state index is 0.00468. The molecule has 2 aromatic carbocycles. The van der Waals surface area contributed by atoms with Crippen molar-refractivity contribution in [3.8, 4) is 11.5 Å². The van der Waals surface area contributed by atoms with Crippen LogP contribution in [-0.4, -0.2) is 31.1 Å². The molecule has 1 heterocycles. The Morgan fingerprint density at radius 2 is 1.83 bits per heavy atom. The maximum atomic E-state index is 13.2. The van der Waals surface area contributed by atoms with Crippen LogP contribution in [0.1, 0.15) is 16.7 Å². The van der Waals surface area contributed by atoms with Gasteiger partial charge in [-0.15, -0.1) is 0 Å². The maximum absolute atomic E-state index is 13.2. The molecule has 6 nitrogen and oxygen atoms in total. The molecular weight excluding hydrogens is 412 g/mol. The van der Waals surface area contributed by atoms with Crippen LogP contribution in [0.2, 0.25) is 5.02 Å². The largest absolute Gasteiger partial charge is 0.496 e. The van der Waals surface area contributed by atoms with E-state index in [-0.39, 0.29) is 10.7 Å². The number of halogens is 1. The van der Waals surface area contributed by atoms with Crippen LogP contribution in [0.4, 0.5) is 5.69 Å². The number of anilines is 1. The number of nitrogens with one attached hydrogen (secondary N) is 1. The lowest BCUT2D eigenvalue weighted by atomic mass is 10.0. The highest BCUT2D eigenvalue weighted by molar-refractivity contribution is 7.80. The Kier molecular flexibility index (Phi) is 5.91. The van der Waals surface area contributed by atoms with E-state index >= 15 is 0 Å². The van der Waals surface area contributed by atoms with Crippen molar-refractivity contribution in [3.63, 3.8) is 0 Å². The molecule has 0 aliphatic carbocycles. The summed E-state index contributed by atoms with van der Waals surface area (Å²) in [6.45, 7) is 3.69. The minimum atomic E-state index is -0.579. The molecule has 8 heteroatoms. The molecule has 150 valence electrons. The molecule has 1 aliphatic heterocycles. The van der Waals surface area contributed by atoms with Gasteiger partial charge in [-0.2, -0.15) is 0 Å². The van der Waals surface area contributed by atoms with Crippen molar-refractivity contribution in [1.29, 1.82) is 0 Å². The lowest BCUT2D eigenvalue weighted by molar-refractivity contribution is -0.122. The zero-order valence-electron chi connectivity index (χ0n) is 16.3. The second-order valence-electron chi connectivity index (χ2n) is 6.41. The van der Waals surface area contributed by atoms with Crippen LogP contribution in [-0.2, 0) is 9.59 Å². The molecule has 0 bridgehead atoms. The van der Waals surface area contributed by atoms with Crippen molar-refractivity contribution in [2.45, 2.75) is 13.8 Å². The van der Waals surface area contributed by atoms with Crippen LogP contribution in [0.5, 0.6) is 11.5 Å². The number of thiocarbonyl (C=S) groups is 1. The number of rotatable bonds is 4. The fraction of sp³-hybridized carbons (Fsp3) is 0.190. The zero-order valence-corrected chi connectivity index (χ0v) is 17.9. The van der Waals surface area contributed by atoms with Crippen LogP contribution in [0.25, 0.3) is 6.08 Å². The Labute approximate surface area is 179 Å². The molecule has 0 atom stereocenters. The fourth-order valence-electron chi connectivity index (χ4n) is 3.07. The van der Waals surface area contributed by atoms with Gasteiger partial charge in [0.05, 0.1) is 19.9 Å². The first kappa shape index (κ1) is 20.8. The van der Waals surface area contributed by atoms with Crippen molar-refractivity contribution in [3.05, 3.63) is 57.6 Å². The van der Waals surface area contributed by atoms with Gasteiger partial charge in [0.25, 0.3) is 11.8 Å². The highest BCUT2D eigenvalue weighted by Crippen LogP contribution is 2.33. The van der Waals surface area contributed by atoms with Crippen LogP contribution in [0, 0.1) is 13.8 Å². The summed E-state index contributed by atoms with van der Waals surface area (Å²) < 4.78 is 10.8. The Morgan fingerprint density at radius 1 is 1.10 bits per heavy atom. The molecule has 0 saturated carbocycles. The molecule has 1 aliphatic rings. The van der Waals surface area contributed by atoms with Crippen LogP contribution in [0.3, 0.4) is 0 Å². The SMILES string of the molecule is COc1ccc(/C=C2\C(=O)NC(=S)N(c3ccc(C)c(Cl)c3)C2=O)c(OC)c1C. The van der Waals surface area contributed by atoms with Gasteiger partial charge in [-0.05, 0) is 62.0 Å². The van der Waals surface area contributed by atoms with Crippen molar-refractivity contribution in [2.75, 3.05) is 19.1 Å². The number of nitrogens with zero attached hydrogens (tertiary/aromatic N) is 1. The lowest BCUT2D eigenvalue weighted by Crippen LogP contribution is -2.54. The molecule has 1 N–H and O–H groups in total. The van der Waals surface area contributed by atoms with E-state index in [0.717, 1.165) is 11.1 Å².